The van der Waals surface area contributed by atoms with Crippen LogP contribution >= 0.6 is 11.6 Å². The number of rotatable bonds is 4. The van der Waals surface area contributed by atoms with Gasteiger partial charge in [0.25, 0.3) is 0 Å². The third-order valence-corrected chi connectivity index (χ3v) is 3.49. The minimum atomic E-state index is -0.899. The minimum Gasteiger partial charge on any atom is -0.322 e. The van der Waals surface area contributed by atoms with Crippen LogP contribution in [0.2, 0.25) is 0 Å². The number of alkyl halides is 1. The van der Waals surface area contributed by atoms with Crippen molar-refractivity contribution in [1.82, 2.24) is 19.3 Å². The number of hydrogen-bond acceptors (Lipinski definition) is 2. The van der Waals surface area contributed by atoms with Crippen molar-refractivity contribution in [1.29, 1.82) is 0 Å². The maximum absolute atomic E-state index is 14.1. The SMILES string of the molecule is CC(Cl)c1nc2ccc(F)c(F)c2n1CCn1cccn1. The van der Waals surface area contributed by atoms with E-state index in [2.05, 4.69) is 10.1 Å². The molecule has 0 amide bonds. The first-order valence-corrected chi connectivity index (χ1v) is 6.97. The lowest BCUT2D eigenvalue weighted by Gasteiger charge is -2.11. The van der Waals surface area contributed by atoms with Gasteiger partial charge in [-0.25, -0.2) is 13.8 Å². The molecule has 0 bridgehead atoms. The number of hydrogen-bond donors (Lipinski definition) is 0. The second kappa shape index (κ2) is 5.44. The molecule has 1 aromatic carbocycles. The molecule has 0 saturated heterocycles. The Morgan fingerprint density at radius 3 is 2.76 bits per heavy atom. The molecule has 2 heterocycles. The van der Waals surface area contributed by atoms with E-state index in [1.807, 2.05) is 0 Å². The summed E-state index contributed by atoms with van der Waals surface area (Å²) in [5, 5.41) is 3.69. The van der Waals surface area contributed by atoms with E-state index in [4.69, 9.17) is 11.6 Å². The topological polar surface area (TPSA) is 35.6 Å². The van der Waals surface area contributed by atoms with Crippen molar-refractivity contribution in [3.05, 3.63) is 48.1 Å². The van der Waals surface area contributed by atoms with Crippen molar-refractivity contribution in [3.63, 3.8) is 0 Å². The standard InChI is InChI=1S/C14H13ClF2N4/c1-9(15)14-19-11-4-3-10(16)12(17)13(11)21(14)8-7-20-6-2-5-18-20/h2-6,9H,7-8H2,1H3. The number of nitrogens with zero attached hydrogens (tertiary/aromatic N) is 4. The van der Waals surface area contributed by atoms with Crippen LogP contribution in [-0.2, 0) is 13.1 Å². The van der Waals surface area contributed by atoms with Gasteiger partial charge in [-0.05, 0) is 25.1 Å². The fraction of sp³-hybridized carbons (Fsp3) is 0.286. The Labute approximate surface area is 125 Å². The molecule has 1 unspecified atom stereocenters. The smallest absolute Gasteiger partial charge is 0.184 e. The molecule has 21 heavy (non-hydrogen) atoms. The van der Waals surface area contributed by atoms with Crippen molar-refractivity contribution in [3.8, 4) is 0 Å². The van der Waals surface area contributed by atoms with Crippen LogP contribution in [0, 0.1) is 11.6 Å². The summed E-state index contributed by atoms with van der Waals surface area (Å²) in [6.07, 6.45) is 3.47. The van der Waals surface area contributed by atoms with E-state index in [1.54, 1.807) is 34.6 Å². The number of halogens is 3. The zero-order valence-corrected chi connectivity index (χ0v) is 12.1. The summed E-state index contributed by atoms with van der Waals surface area (Å²) in [5.74, 6) is -1.27. The van der Waals surface area contributed by atoms with Crippen LogP contribution in [0.15, 0.2) is 30.6 Å². The summed E-state index contributed by atoms with van der Waals surface area (Å²) in [7, 11) is 0. The fourth-order valence-corrected chi connectivity index (χ4v) is 2.51. The molecule has 110 valence electrons. The highest BCUT2D eigenvalue weighted by Crippen LogP contribution is 2.27. The largest absolute Gasteiger partial charge is 0.322 e. The molecule has 0 radical (unpaired) electrons. The second-order valence-corrected chi connectivity index (χ2v) is 5.39. The van der Waals surface area contributed by atoms with E-state index < -0.39 is 17.0 Å². The molecule has 0 N–H and O–H groups in total. The lowest BCUT2D eigenvalue weighted by Crippen LogP contribution is -2.12. The predicted octanol–water partition coefficient (Wildman–Crippen LogP) is 3.51. The van der Waals surface area contributed by atoms with Crippen LogP contribution < -0.4 is 0 Å². The van der Waals surface area contributed by atoms with Gasteiger partial charge in [0.1, 0.15) is 11.3 Å². The molecule has 0 saturated carbocycles. The van der Waals surface area contributed by atoms with Gasteiger partial charge in [0.15, 0.2) is 11.6 Å². The normalized spacial score (nSPS) is 13.0. The number of aromatic nitrogens is 4. The van der Waals surface area contributed by atoms with Crippen LogP contribution in [0.3, 0.4) is 0 Å². The maximum atomic E-state index is 14.1. The number of imidazole rings is 1. The van der Waals surface area contributed by atoms with Crippen LogP contribution in [0.4, 0.5) is 8.78 Å². The van der Waals surface area contributed by atoms with Crippen molar-refractivity contribution < 1.29 is 8.78 Å². The van der Waals surface area contributed by atoms with E-state index >= 15 is 0 Å². The zero-order valence-electron chi connectivity index (χ0n) is 11.3. The predicted molar refractivity (Wildman–Crippen MR) is 76.1 cm³/mol. The van der Waals surface area contributed by atoms with Crippen molar-refractivity contribution in [2.45, 2.75) is 25.4 Å². The molecular weight excluding hydrogens is 298 g/mol. The Bertz CT molecular complexity index is 765. The summed E-state index contributed by atoms with van der Waals surface area (Å²) < 4.78 is 30.9. The molecule has 1 atom stereocenters. The Morgan fingerprint density at radius 2 is 2.10 bits per heavy atom. The average Bonchev–Trinajstić information content (AvgIpc) is 3.08. The molecule has 3 rings (SSSR count). The average molecular weight is 311 g/mol. The van der Waals surface area contributed by atoms with Gasteiger partial charge in [0.05, 0.1) is 17.4 Å². The highest BCUT2D eigenvalue weighted by molar-refractivity contribution is 6.20. The number of benzene rings is 1. The van der Waals surface area contributed by atoms with E-state index in [9.17, 15) is 8.78 Å². The Hall–Kier alpha value is -1.95. The van der Waals surface area contributed by atoms with Gasteiger partial charge in [-0.15, -0.1) is 11.6 Å². The summed E-state index contributed by atoms with van der Waals surface area (Å²) >= 11 is 6.11. The Kier molecular flexibility index (Phi) is 3.63. The lowest BCUT2D eigenvalue weighted by molar-refractivity contribution is 0.497. The van der Waals surface area contributed by atoms with Gasteiger partial charge in [-0.1, -0.05) is 0 Å². The highest BCUT2D eigenvalue weighted by atomic mass is 35.5. The summed E-state index contributed by atoms with van der Waals surface area (Å²) in [6, 6.07) is 4.34. The first-order valence-electron chi connectivity index (χ1n) is 6.53. The lowest BCUT2D eigenvalue weighted by atomic mass is 10.3. The second-order valence-electron chi connectivity index (χ2n) is 4.74. The maximum Gasteiger partial charge on any atom is 0.184 e. The first kappa shape index (κ1) is 14.0. The Morgan fingerprint density at radius 1 is 1.29 bits per heavy atom. The van der Waals surface area contributed by atoms with Gasteiger partial charge in [0, 0.05) is 18.9 Å². The van der Waals surface area contributed by atoms with Crippen molar-refractivity contribution >= 4 is 22.6 Å². The highest BCUT2D eigenvalue weighted by Gasteiger charge is 2.19. The zero-order chi connectivity index (χ0) is 15.0. The molecule has 4 nitrogen and oxygen atoms in total. The molecule has 0 aliphatic carbocycles. The van der Waals surface area contributed by atoms with Gasteiger partial charge in [0.2, 0.25) is 0 Å². The van der Waals surface area contributed by atoms with E-state index in [1.165, 1.54) is 6.07 Å². The first-order chi connectivity index (χ1) is 10.1. The molecule has 0 aliphatic heterocycles. The fourth-order valence-electron chi connectivity index (χ4n) is 2.34. The van der Waals surface area contributed by atoms with E-state index in [-0.39, 0.29) is 5.52 Å². The van der Waals surface area contributed by atoms with Crippen molar-refractivity contribution in [2.75, 3.05) is 0 Å². The molecule has 7 heteroatoms. The molecule has 0 aliphatic rings. The molecule has 0 spiro atoms. The van der Waals surface area contributed by atoms with Gasteiger partial charge in [-0.3, -0.25) is 4.68 Å². The monoisotopic (exact) mass is 310 g/mol. The molecular formula is C14H13ClF2N4. The van der Waals surface area contributed by atoms with Gasteiger partial charge in [-0.2, -0.15) is 5.10 Å². The summed E-state index contributed by atoms with van der Waals surface area (Å²) in [6.45, 7) is 2.68. The molecule has 2 aromatic heterocycles. The third-order valence-electron chi connectivity index (χ3n) is 3.30. The van der Waals surface area contributed by atoms with E-state index in [0.717, 1.165) is 6.07 Å². The molecule has 3 aromatic rings. The summed E-state index contributed by atoms with van der Waals surface area (Å²) in [5.41, 5.74) is 0.543. The van der Waals surface area contributed by atoms with Crippen LogP contribution in [0.5, 0.6) is 0 Å². The van der Waals surface area contributed by atoms with E-state index in [0.29, 0.717) is 24.4 Å². The number of fused-ring (bicyclic) bond motifs is 1. The van der Waals surface area contributed by atoms with Crippen LogP contribution in [-0.4, -0.2) is 19.3 Å². The van der Waals surface area contributed by atoms with Crippen molar-refractivity contribution in [2.24, 2.45) is 0 Å². The molecule has 0 fully saturated rings. The van der Waals surface area contributed by atoms with Crippen LogP contribution in [0.1, 0.15) is 18.1 Å². The van der Waals surface area contributed by atoms with Crippen LogP contribution in [0.25, 0.3) is 11.0 Å². The number of aryl methyl sites for hydroxylation is 2. The summed E-state index contributed by atoms with van der Waals surface area (Å²) in [4.78, 5) is 4.31. The minimum absolute atomic E-state index is 0.143. The Balaban J connectivity index is 2.08. The quantitative estimate of drug-likeness (QED) is 0.691. The third kappa shape index (κ3) is 2.51. The van der Waals surface area contributed by atoms with Gasteiger partial charge < -0.3 is 4.57 Å². The van der Waals surface area contributed by atoms with Gasteiger partial charge >= 0.3 is 0 Å².